The van der Waals surface area contributed by atoms with Gasteiger partial charge in [-0.05, 0) is 18.8 Å². The molecule has 120 valence electrons. The molecule has 0 aromatic carbocycles. The molecule has 0 aromatic rings. The highest BCUT2D eigenvalue weighted by Crippen LogP contribution is 2.36. The molecule has 2 fully saturated rings. The standard InChI is InChI=1S/C13H21NO5S2/c1-8(2)12-14(9(7-20-12)13(16)17)11(15)10-5-3-4-6-21(10,18)19/h8-10,12H,3-7H2,1-2H3,(H,16,17). The van der Waals surface area contributed by atoms with Crippen molar-refractivity contribution >= 4 is 33.5 Å². The number of aliphatic carboxylic acids is 1. The average Bonchev–Trinajstić information content (AvgIpc) is 2.82. The summed E-state index contributed by atoms with van der Waals surface area (Å²) in [7, 11) is -3.45. The summed E-state index contributed by atoms with van der Waals surface area (Å²) in [6.45, 7) is 3.83. The van der Waals surface area contributed by atoms with Crippen molar-refractivity contribution in [1.29, 1.82) is 0 Å². The van der Waals surface area contributed by atoms with Gasteiger partial charge >= 0.3 is 5.97 Å². The van der Waals surface area contributed by atoms with Crippen molar-refractivity contribution < 1.29 is 23.1 Å². The van der Waals surface area contributed by atoms with Crippen molar-refractivity contribution in [2.24, 2.45) is 5.92 Å². The Hall–Kier alpha value is -0.760. The number of sulfone groups is 1. The normalized spacial score (nSPS) is 32.3. The lowest BCUT2D eigenvalue weighted by Crippen LogP contribution is -2.53. The van der Waals surface area contributed by atoms with Crippen molar-refractivity contribution in [3.63, 3.8) is 0 Å². The van der Waals surface area contributed by atoms with Gasteiger partial charge < -0.3 is 10.0 Å². The highest BCUT2D eigenvalue weighted by molar-refractivity contribution is 8.00. The molecule has 21 heavy (non-hydrogen) atoms. The summed E-state index contributed by atoms with van der Waals surface area (Å²) in [6, 6.07) is -0.924. The topological polar surface area (TPSA) is 91.8 Å². The van der Waals surface area contributed by atoms with Crippen LogP contribution in [0.4, 0.5) is 0 Å². The maximum atomic E-state index is 12.7. The Kier molecular flexibility index (Phi) is 4.87. The van der Waals surface area contributed by atoms with Gasteiger partial charge in [-0.15, -0.1) is 11.8 Å². The molecule has 0 aromatic heterocycles. The monoisotopic (exact) mass is 335 g/mol. The van der Waals surface area contributed by atoms with Crippen LogP contribution in [0.25, 0.3) is 0 Å². The van der Waals surface area contributed by atoms with E-state index in [0.717, 1.165) is 0 Å². The van der Waals surface area contributed by atoms with Gasteiger partial charge in [-0.2, -0.15) is 0 Å². The first-order valence-electron chi connectivity index (χ1n) is 7.14. The van der Waals surface area contributed by atoms with Gasteiger partial charge in [0, 0.05) is 5.75 Å². The highest BCUT2D eigenvalue weighted by Gasteiger charge is 2.47. The van der Waals surface area contributed by atoms with E-state index in [2.05, 4.69) is 0 Å². The molecule has 8 heteroatoms. The molecule has 2 heterocycles. The predicted octanol–water partition coefficient (Wildman–Crippen LogP) is 0.964. The van der Waals surface area contributed by atoms with E-state index in [0.29, 0.717) is 25.0 Å². The largest absolute Gasteiger partial charge is 0.480 e. The number of carbonyl (C=O) groups excluding carboxylic acids is 1. The summed E-state index contributed by atoms with van der Waals surface area (Å²) >= 11 is 1.42. The molecule has 0 aliphatic carbocycles. The zero-order valence-corrected chi connectivity index (χ0v) is 13.8. The third-order valence-electron chi connectivity index (χ3n) is 4.00. The quantitative estimate of drug-likeness (QED) is 0.826. The molecular weight excluding hydrogens is 314 g/mol. The fourth-order valence-electron chi connectivity index (χ4n) is 2.91. The van der Waals surface area contributed by atoms with E-state index in [1.807, 2.05) is 13.8 Å². The Bertz CT molecular complexity index is 531. The Labute approximate surface area is 129 Å². The zero-order chi connectivity index (χ0) is 15.8. The number of carboxylic acid groups (broad SMARTS) is 1. The van der Waals surface area contributed by atoms with Crippen molar-refractivity contribution in [2.75, 3.05) is 11.5 Å². The third kappa shape index (κ3) is 3.21. The Morgan fingerprint density at radius 1 is 1.29 bits per heavy atom. The van der Waals surface area contributed by atoms with Gasteiger partial charge in [-0.3, -0.25) is 4.79 Å². The average molecular weight is 335 g/mol. The minimum absolute atomic E-state index is 0.0223. The smallest absolute Gasteiger partial charge is 0.327 e. The van der Waals surface area contributed by atoms with Gasteiger partial charge in [-0.1, -0.05) is 20.3 Å². The van der Waals surface area contributed by atoms with Crippen molar-refractivity contribution in [1.82, 2.24) is 4.90 Å². The van der Waals surface area contributed by atoms with E-state index >= 15 is 0 Å². The highest BCUT2D eigenvalue weighted by atomic mass is 32.2. The van der Waals surface area contributed by atoms with Crippen molar-refractivity contribution in [3.05, 3.63) is 0 Å². The third-order valence-corrected chi connectivity index (χ3v) is 7.78. The molecule has 1 amide bonds. The second-order valence-corrected chi connectivity index (χ2v) is 9.37. The molecule has 0 bridgehead atoms. The van der Waals surface area contributed by atoms with Crippen LogP contribution in [0.5, 0.6) is 0 Å². The van der Waals surface area contributed by atoms with Gasteiger partial charge in [0.05, 0.1) is 11.1 Å². The number of carbonyl (C=O) groups is 2. The minimum atomic E-state index is -3.45. The van der Waals surface area contributed by atoms with E-state index in [1.165, 1.54) is 16.7 Å². The molecule has 0 spiro atoms. The molecule has 6 nitrogen and oxygen atoms in total. The van der Waals surface area contributed by atoms with Gasteiger partial charge in [0.2, 0.25) is 5.91 Å². The van der Waals surface area contributed by atoms with E-state index in [1.54, 1.807) is 0 Å². The molecule has 3 unspecified atom stereocenters. The van der Waals surface area contributed by atoms with Crippen LogP contribution in [-0.2, 0) is 19.4 Å². The Balaban J connectivity index is 2.30. The summed E-state index contributed by atoms with van der Waals surface area (Å²) in [5.41, 5.74) is 0. The van der Waals surface area contributed by atoms with Crippen LogP contribution in [0.3, 0.4) is 0 Å². The lowest BCUT2D eigenvalue weighted by atomic mass is 10.1. The summed E-state index contributed by atoms with van der Waals surface area (Å²) in [5.74, 6) is -1.17. The fraction of sp³-hybridized carbons (Fsp3) is 0.846. The number of rotatable bonds is 3. The molecular formula is C13H21NO5S2. The van der Waals surface area contributed by atoms with E-state index in [-0.39, 0.29) is 17.0 Å². The SMILES string of the molecule is CC(C)C1SCC(C(=O)O)N1C(=O)C1CCCCS1(=O)=O. The predicted molar refractivity (Wildman–Crippen MR) is 80.8 cm³/mol. The second kappa shape index (κ2) is 6.16. The summed E-state index contributed by atoms with van der Waals surface area (Å²) in [5, 5.41) is 7.97. The fourth-order valence-corrected chi connectivity index (χ4v) is 6.23. The van der Waals surface area contributed by atoms with Gasteiger partial charge in [-0.25, -0.2) is 13.2 Å². The van der Waals surface area contributed by atoms with E-state index < -0.39 is 33.0 Å². The van der Waals surface area contributed by atoms with Gasteiger partial charge in [0.25, 0.3) is 0 Å². The molecule has 2 aliphatic rings. The summed E-state index contributed by atoms with van der Waals surface area (Å²) in [6.07, 6.45) is 1.58. The summed E-state index contributed by atoms with van der Waals surface area (Å²) in [4.78, 5) is 25.4. The molecule has 2 saturated heterocycles. The van der Waals surface area contributed by atoms with Crippen molar-refractivity contribution in [2.45, 2.75) is 49.8 Å². The van der Waals surface area contributed by atoms with E-state index in [9.17, 15) is 23.1 Å². The van der Waals surface area contributed by atoms with Crippen LogP contribution in [0.2, 0.25) is 0 Å². The number of thioether (sulfide) groups is 1. The number of hydrogen-bond donors (Lipinski definition) is 1. The summed E-state index contributed by atoms with van der Waals surface area (Å²) < 4.78 is 24.3. The molecule has 0 saturated carbocycles. The van der Waals surface area contributed by atoms with Gasteiger partial charge in [0.1, 0.15) is 11.3 Å². The zero-order valence-electron chi connectivity index (χ0n) is 12.2. The second-order valence-electron chi connectivity index (χ2n) is 5.92. The number of nitrogens with zero attached hydrogens (tertiary/aromatic N) is 1. The first-order valence-corrected chi connectivity index (χ1v) is 9.90. The maximum absolute atomic E-state index is 12.7. The van der Waals surface area contributed by atoms with E-state index in [4.69, 9.17) is 0 Å². The van der Waals surface area contributed by atoms with Crippen LogP contribution < -0.4 is 0 Å². The first-order chi connectivity index (χ1) is 9.75. The number of carboxylic acids is 1. The molecule has 0 radical (unpaired) electrons. The maximum Gasteiger partial charge on any atom is 0.327 e. The van der Waals surface area contributed by atoms with Crippen LogP contribution in [-0.4, -0.2) is 58.5 Å². The first kappa shape index (κ1) is 16.6. The molecule has 3 atom stereocenters. The van der Waals surface area contributed by atoms with Gasteiger partial charge in [0.15, 0.2) is 9.84 Å². The van der Waals surface area contributed by atoms with Crippen LogP contribution >= 0.6 is 11.8 Å². The Morgan fingerprint density at radius 2 is 1.95 bits per heavy atom. The van der Waals surface area contributed by atoms with Crippen molar-refractivity contribution in [3.8, 4) is 0 Å². The van der Waals surface area contributed by atoms with Crippen LogP contribution in [0.15, 0.2) is 0 Å². The lowest BCUT2D eigenvalue weighted by molar-refractivity contribution is -0.149. The Morgan fingerprint density at radius 3 is 2.48 bits per heavy atom. The molecule has 2 rings (SSSR count). The molecule has 2 aliphatic heterocycles. The minimum Gasteiger partial charge on any atom is -0.480 e. The number of amides is 1. The van der Waals surface area contributed by atoms with Crippen LogP contribution in [0.1, 0.15) is 33.1 Å². The molecule has 1 N–H and O–H groups in total. The number of hydrogen-bond acceptors (Lipinski definition) is 5. The lowest BCUT2D eigenvalue weighted by Gasteiger charge is -2.33. The van der Waals surface area contributed by atoms with Crippen LogP contribution in [0, 0.1) is 5.92 Å².